The highest BCUT2D eigenvalue weighted by molar-refractivity contribution is 5.35. The van der Waals surface area contributed by atoms with Gasteiger partial charge in [-0.25, -0.2) is 0 Å². The van der Waals surface area contributed by atoms with Crippen molar-refractivity contribution in [3.63, 3.8) is 0 Å². The lowest BCUT2D eigenvalue weighted by Crippen LogP contribution is -2.58. The van der Waals surface area contributed by atoms with Gasteiger partial charge in [0.1, 0.15) is 34.9 Å². The SMILES string of the molecule is COc1cccc(C2OCC(C)(C)C2(O)C(C)(C)CO)c1.COc1cccc(C2OCC(C)(C)C2(O)C(C)(C)COC2CCCCO2)c1. The Bertz CT molecular complexity index is 1350. The lowest BCUT2D eigenvalue weighted by atomic mass is 9.59. The Hall–Kier alpha value is -2.24. The maximum absolute atomic E-state index is 12.1. The van der Waals surface area contributed by atoms with Crippen molar-refractivity contribution in [3.8, 4) is 11.5 Å². The summed E-state index contributed by atoms with van der Waals surface area (Å²) >= 11 is 0. The van der Waals surface area contributed by atoms with Crippen LogP contribution < -0.4 is 9.47 Å². The number of benzene rings is 2. The maximum atomic E-state index is 12.1. The number of rotatable bonds is 10. The van der Waals surface area contributed by atoms with Gasteiger partial charge in [-0.1, -0.05) is 79.7 Å². The van der Waals surface area contributed by atoms with E-state index in [1.54, 1.807) is 14.2 Å². The minimum absolute atomic E-state index is 0.114. The number of hydrogen-bond donors (Lipinski definition) is 3. The van der Waals surface area contributed by atoms with Gasteiger partial charge in [-0.2, -0.15) is 0 Å². The molecule has 2 aromatic rings. The van der Waals surface area contributed by atoms with E-state index in [0.717, 1.165) is 48.5 Å². The summed E-state index contributed by atoms with van der Waals surface area (Å²) in [5.41, 5.74) is -2.63. The smallest absolute Gasteiger partial charge is 0.157 e. The highest BCUT2D eigenvalue weighted by Gasteiger charge is 2.64. The molecule has 9 nitrogen and oxygen atoms in total. The molecule has 5 rings (SSSR count). The van der Waals surface area contributed by atoms with E-state index in [1.165, 1.54) is 0 Å². The van der Waals surface area contributed by atoms with Crippen LogP contribution in [0.3, 0.4) is 0 Å². The predicted molar refractivity (Wildman–Crippen MR) is 185 cm³/mol. The number of aliphatic hydroxyl groups is 3. The van der Waals surface area contributed by atoms with Gasteiger partial charge in [0.2, 0.25) is 0 Å². The minimum Gasteiger partial charge on any atom is -0.497 e. The standard InChI is InChI=1S/C22H34O5.C17H26O4/c1-20(2,14-26-18-11-6-7-12-25-18)22(23)19(27-15-21(22,3)4)16-9-8-10-17(13-16)24-5;1-15(2,10-18)17(19)14(21-11-16(17,3)4)12-7-6-8-13(9-12)20-5/h8-10,13,18-19,23H,6-7,11-12,14-15H2,1-5H3;6-9,14,18-19H,10-11H2,1-5H3. The van der Waals surface area contributed by atoms with Crippen LogP contribution in [0.5, 0.6) is 11.5 Å². The molecule has 0 spiro atoms. The summed E-state index contributed by atoms with van der Waals surface area (Å²) in [5.74, 6) is 1.48. The summed E-state index contributed by atoms with van der Waals surface area (Å²) in [6, 6.07) is 15.3. The highest BCUT2D eigenvalue weighted by Crippen LogP contribution is 2.59. The molecule has 2 aromatic carbocycles. The van der Waals surface area contributed by atoms with Gasteiger partial charge in [-0.3, -0.25) is 0 Å². The first-order chi connectivity index (χ1) is 22.4. The molecule has 0 saturated carbocycles. The van der Waals surface area contributed by atoms with Gasteiger partial charge in [-0.15, -0.1) is 0 Å². The number of ether oxygens (including phenoxy) is 6. The molecule has 9 heteroatoms. The van der Waals surface area contributed by atoms with E-state index < -0.39 is 45.1 Å². The van der Waals surface area contributed by atoms with Crippen LogP contribution in [0.25, 0.3) is 0 Å². The van der Waals surface area contributed by atoms with Crippen LogP contribution in [0, 0.1) is 21.7 Å². The number of methoxy groups -OCH3 is 2. The molecule has 3 heterocycles. The van der Waals surface area contributed by atoms with Crippen LogP contribution in [-0.2, 0) is 18.9 Å². The lowest BCUT2D eigenvalue weighted by Gasteiger charge is -2.50. The Labute approximate surface area is 287 Å². The van der Waals surface area contributed by atoms with Gasteiger partial charge in [-0.05, 0) is 54.7 Å². The summed E-state index contributed by atoms with van der Waals surface area (Å²) < 4.78 is 34.5. The molecule has 0 amide bonds. The Morgan fingerprint density at radius 3 is 1.62 bits per heavy atom. The van der Waals surface area contributed by atoms with Crippen molar-refractivity contribution in [1.29, 1.82) is 0 Å². The fourth-order valence-electron chi connectivity index (χ4n) is 7.95. The molecule has 3 fully saturated rings. The Balaban J connectivity index is 0.000000224. The molecule has 3 aliphatic heterocycles. The second kappa shape index (κ2) is 14.5. The molecular weight excluding hydrogens is 612 g/mol. The topological polar surface area (TPSA) is 116 Å². The summed E-state index contributed by atoms with van der Waals surface area (Å²) in [7, 11) is 3.26. The fourth-order valence-corrected chi connectivity index (χ4v) is 7.95. The maximum Gasteiger partial charge on any atom is 0.157 e. The predicted octanol–water partition coefficient (Wildman–Crippen LogP) is 6.64. The van der Waals surface area contributed by atoms with Crippen LogP contribution in [0.1, 0.15) is 98.0 Å². The van der Waals surface area contributed by atoms with Gasteiger partial charge in [0.15, 0.2) is 6.29 Å². The van der Waals surface area contributed by atoms with Crippen molar-refractivity contribution in [2.75, 3.05) is 47.3 Å². The molecule has 270 valence electrons. The van der Waals surface area contributed by atoms with Gasteiger partial charge in [0.05, 0.1) is 40.6 Å². The normalized spacial score (nSPS) is 30.0. The first kappa shape index (κ1) is 38.6. The van der Waals surface area contributed by atoms with E-state index in [0.29, 0.717) is 19.8 Å². The molecule has 0 aliphatic carbocycles. The van der Waals surface area contributed by atoms with Crippen molar-refractivity contribution in [3.05, 3.63) is 59.7 Å². The zero-order valence-electron chi connectivity index (χ0n) is 30.8. The summed E-state index contributed by atoms with van der Waals surface area (Å²) in [5, 5.41) is 33.3. The van der Waals surface area contributed by atoms with Crippen molar-refractivity contribution in [2.45, 2.75) is 104 Å². The largest absolute Gasteiger partial charge is 0.497 e. The van der Waals surface area contributed by atoms with Gasteiger partial charge in [0, 0.05) is 28.3 Å². The summed E-state index contributed by atoms with van der Waals surface area (Å²) in [6.45, 7) is 17.9. The third-order valence-corrected chi connectivity index (χ3v) is 11.1. The molecule has 3 N–H and O–H groups in total. The Kier molecular flexibility index (Phi) is 11.7. The average Bonchev–Trinajstić information content (AvgIpc) is 3.48. The third-order valence-electron chi connectivity index (χ3n) is 11.1. The van der Waals surface area contributed by atoms with Crippen molar-refractivity contribution >= 4 is 0 Å². The van der Waals surface area contributed by atoms with Gasteiger partial charge in [0.25, 0.3) is 0 Å². The Morgan fingerprint density at radius 2 is 1.21 bits per heavy atom. The Morgan fingerprint density at radius 1 is 0.729 bits per heavy atom. The molecule has 0 radical (unpaired) electrons. The van der Waals surface area contributed by atoms with Crippen LogP contribution >= 0.6 is 0 Å². The molecule has 0 bridgehead atoms. The van der Waals surface area contributed by atoms with Crippen molar-refractivity contribution in [1.82, 2.24) is 0 Å². The van der Waals surface area contributed by atoms with E-state index in [-0.39, 0.29) is 12.9 Å². The van der Waals surface area contributed by atoms with E-state index in [4.69, 9.17) is 28.4 Å². The number of aliphatic hydroxyl groups excluding tert-OH is 1. The second-order valence-corrected chi connectivity index (χ2v) is 16.3. The number of hydrogen-bond acceptors (Lipinski definition) is 9. The van der Waals surface area contributed by atoms with E-state index in [2.05, 4.69) is 27.7 Å². The van der Waals surface area contributed by atoms with Gasteiger partial charge < -0.3 is 43.7 Å². The molecule has 0 aromatic heterocycles. The van der Waals surface area contributed by atoms with Crippen molar-refractivity contribution in [2.24, 2.45) is 21.7 Å². The monoisotopic (exact) mass is 672 g/mol. The summed E-state index contributed by atoms with van der Waals surface area (Å²) in [4.78, 5) is 0. The lowest BCUT2D eigenvalue weighted by molar-refractivity contribution is -0.221. The van der Waals surface area contributed by atoms with Crippen LogP contribution in [0.2, 0.25) is 0 Å². The molecule has 3 aliphatic rings. The molecule has 3 saturated heterocycles. The van der Waals surface area contributed by atoms with Crippen LogP contribution in [0.4, 0.5) is 0 Å². The summed E-state index contributed by atoms with van der Waals surface area (Å²) in [6.07, 6.45) is 2.00. The zero-order valence-corrected chi connectivity index (χ0v) is 30.8. The fraction of sp³-hybridized carbons (Fsp3) is 0.692. The highest BCUT2D eigenvalue weighted by atomic mass is 16.7. The van der Waals surface area contributed by atoms with E-state index >= 15 is 0 Å². The molecule has 48 heavy (non-hydrogen) atoms. The second-order valence-electron chi connectivity index (χ2n) is 16.3. The van der Waals surface area contributed by atoms with Crippen LogP contribution in [-0.4, -0.2) is 80.1 Å². The van der Waals surface area contributed by atoms with Crippen molar-refractivity contribution < 1.29 is 43.7 Å². The third kappa shape index (κ3) is 7.02. The average molecular weight is 673 g/mol. The molecule has 5 unspecified atom stereocenters. The molecule has 5 atom stereocenters. The van der Waals surface area contributed by atoms with E-state index in [1.807, 2.05) is 76.2 Å². The van der Waals surface area contributed by atoms with Crippen LogP contribution in [0.15, 0.2) is 48.5 Å². The van der Waals surface area contributed by atoms with E-state index in [9.17, 15) is 15.3 Å². The zero-order chi connectivity index (χ0) is 35.6. The van der Waals surface area contributed by atoms with Gasteiger partial charge >= 0.3 is 0 Å². The minimum atomic E-state index is -1.18. The molecular formula is C39H60O9. The first-order valence-electron chi connectivity index (χ1n) is 17.2. The quantitative estimate of drug-likeness (QED) is 0.256. The first-order valence-corrected chi connectivity index (χ1v) is 17.2.